The quantitative estimate of drug-likeness (QED) is 0.379. The minimum Gasteiger partial charge on any atom is -0.480 e. The average molecular weight is 418 g/mol. The van der Waals surface area contributed by atoms with Crippen molar-refractivity contribution in [1.82, 2.24) is 4.90 Å². The molecule has 3 rings (SSSR count). The zero-order valence-corrected chi connectivity index (χ0v) is 17.5. The van der Waals surface area contributed by atoms with Gasteiger partial charge in [-0.25, -0.2) is 0 Å². The smallest absolute Gasteiger partial charge is 0.323 e. The van der Waals surface area contributed by atoms with E-state index < -0.39 is 5.97 Å². The second-order valence-corrected chi connectivity index (χ2v) is 7.54. The number of carboxylic acids is 1. The number of anilines is 1. The SMILES string of the molecule is Cc1cc(C#CCN(CC(=O)O)c2cccc(C(=N)N)c2)ccc1C(=O)N1CCCC1. The Morgan fingerprint density at radius 1 is 1.19 bits per heavy atom. The summed E-state index contributed by atoms with van der Waals surface area (Å²) in [4.78, 5) is 27.4. The molecule has 0 unspecified atom stereocenters. The summed E-state index contributed by atoms with van der Waals surface area (Å²) in [6.45, 7) is 3.49. The van der Waals surface area contributed by atoms with E-state index in [1.807, 2.05) is 30.0 Å². The van der Waals surface area contributed by atoms with Crippen LogP contribution in [0.2, 0.25) is 0 Å². The number of amidine groups is 1. The summed E-state index contributed by atoms with van der Waals surface area (Å²) in [5.74, 6) is 5.08. The standard InChI is InChI=1S/C24H26N4O3/c1-17-14-18(9-10-21(17)24(31)27-11-2-3-12-27)6-5-13-28(16-22(29)30)20-8-4-7-19(15-20)23(25)26/h4,7-10,14-15H,2-3,11-13,16H2,1H3,(H3,25,26)(H,29,30). The third-order valence-corrected chi connectivity index (χ3v) is 5.20. The molecule has 2 aromatic carbocycles. The van der Waals surface area contributed by atoms with Gasteiger partial charge in [0.25, 0.3) is 5.91 Å². The number of aliphatic carboxylic acids is 1. The Hall–Kier alpha value is -3.79. The van der Waals surface area contributed by atoms with Crippen LogP contribution >= 0.6 is 0 Å². The molecule has 0 bridgehead atoms. The minimum absolute atomic E-state index is 0.0625. The van der Waals surface area contributed by atoms with Crippen molar-refractivity contribution in [3.8, 4) is 11.8 Å². The van der Waals surface area contributed by atoms with Crippen molar-refractivity contribution in [2.75, 3.05) is 31.1 Å². The molecule has 0 aromatic heterocycles. The van der Waals surface area contributed by atoms with Gasteiger partial charge in [-0.2, -0.15) is 0 Å². The summed E-state index contributed by atoms with van der Waals surface area (Å²) in [5.41, 5.74) is 9.03. The Kier molecular flexibility index (Phi) is 6.93. The molecular weight excluding hydrogens is 392 g/mol. The molecule has 31 heavy (non-hydrogen) atoms. The third kappa shape index (κ3) is 5.64. The predicted octanol–water partition coefficient (Wildman–Crippen LogP) is 2.46. The predicted molar refractivity (Wildman–Crippen MR) is 121 cm³/mol. The Balaban J connectivity index is 1.75. The number of carbonyl (C=O) groups excluding carboxylic acids is 1. The van der Waals surface area contributed by atoms with Gasteiger partial charge in [0, 0.05) is 35.5 Å². The lowest BCUT2D eigenvalue weighted by molar-refractivity contribution is -0.135. The minimum atomic E-state index is -0.976. The van der Waals surface area contributed by atoms with Crippen LogP contribution in [-0.4, -0.2) is 53.9 Å². The summed E-state index contributed by atoms with van der Waals surface area (Å²) in [7, 11) is 0. The van der Waals surface area contributed by atoms with Crippen LogP contribution in [0, 0.1) is 24.2 Å². The first-order valence-corrected chi connectivity index (χ1v) is 10.1. The number of benzene rings is 2. The summed E-state index contributed by atoms with van der Waals surface area (Å²) >= 11 is 0. The van der Waals surface area contributed by atoms with Gasteiger partial charge < -0.3 is 20.6 Å². The van der Waals surface area contributed by atoms with E-state index in [0.29, 0.717) is 16.8 Å². The first kappa shape index (κ1) is 21.9. The fraction of sp³-hybridized carbons (Fsp3) is 0.292. The zero-order chi connectivity index (χ0) is 22.4. The van der Waals surface area contributed by atoms with Crippen LogP contribution in [-0.2, 0) is 4.79 Å². The fourth-order valence-corrected chi connectivity index (χ4v) is 3.58. The molecule has 1 fully saturated rings. The molecule has 0 spiro atoms. The molecular formula is C24H26N4O3. The van der Waals surface area contributed by atoms with Crippen LogP contribution < -0.4 is 10.6 Å². The molecule has 2 aromatic rings. The molecule has 7 heteroatoms. The van der Waals surface area contributed by atoms with Gasteiger partial charge in [-0.3, -0.25) is 15.0 Å². The number of amides is 1. The highest BCUT2D eigenvalue weighted by Gasteiger charge is 2.20. The van der Waals surface area contributed by atoms with E-state index in [4.69, 9.17) is 11.1 Å². The van der Waals surface area contributed by atoms with Gasteiger partial charge in [0.1, 0.15) is 12.4 Å². The van der Waals surface area contributed by atoms with Gasteiger partial charge in [-0.1, -0.05) is 24.0 Å². The lowest BCUT2D eigenvalue weighted by atomic mass is 10.0. The molecule has 1 aliphatic heterocycles. The molecule has 0 aliphatic carbocycles. The number of carbonyl (C=O) groups is 2. The largest absolute Gasteiger partial charge is 0.480 e. The van der Waals surface area contributed by atoms with Gasteiger partial charge in [-0.15, -0.1) is 0 Å². The Morgan fingerprint density at radius 3 is 2.58 bits per heavy atom. The number of likely N-dealkylation sites (tertiary alicyclic amines) is 1. The number of nitrogens with one attached hydrogen (secondary N) is 1. The van der Waals surface area contributed by atoms with Crippen LogP contribution in [0.5, 0.6) is 0 Å². The van der Waals surface area contributed by atoms with Crippen molar-refractivity contribution in [1.29, 1.82) is 5.41 Å². The second-order valence-electron chi connectivity index (χ2n) is 7.54. The maximum atomic E-state index is 12.6. The maximum absolute atomic E-state index is 12.6. The summed E-state index contributed by atoms with van der Waals surface area (Å²) in [5, 5.41) is 16.8. The molecule has 0 radical (unpaired) electrons. The monoisotopic (exact) mass is 418 g/mol. The second kappa shape index (κ2) is 9.81. The van der Waals surface area contributed by atoms with Gasteiger partial charge in [0.05, 0.1) is 6.54 Å². The molecule has 1 aliphatic rings. The van der Waals surface area contributed by atoms with Crippen LogP contribution in [0.15, 0.2) is 42.5 Å². The number of rotatable bonds is 6. The van der Waals surface area contributed by atoms with E-state index in [0.717, 1.165) is 37.1 Å². The highest BCUT2D eigenvalue weighted by Crippen LogP contribution is 2.18. The highest BCUT2D eigenvalue weighted by molar-refractivity contribution is 5.96. The molecule has 4 N–H and O–H groups in total. The summed E-state index contributed by atoms with van der Waals surface area (Å²) in [6.07, 6.45) is 2.10. The number of nitrogens with two attached hydrogens (primary N) is 1. The Morgan fingerprint density at radius 2 is 1.94 bits per heavy atom. The molecule has 0 saturated carbocycles. The van der Waals surface area contributed by atoms with Crippen LogP contribution in [0.25, 0.3) is 0 Å². The van der Waals surface area contributed by atoms with E-state index in [1.54, 1.807) is 29.2 Å². The number of hydrogen-bond acceptors (Lipinski definition) is 4. The number of nitrogens with zero attached hydrogens (tertiary/aromatic N) is 2. The van der Waals surface area contributed by atoms with Crippen molar-refractivity contribution in [2.24, 2.45) is 5.73 Å². The normalized spacial score (nSPS) is 12.7. The van der Waals surface area contributed by atoms with Crippen molar-refractivity contribution < 1.29 is 14.7 Å². The molecule has 1 heterocycles. The van der Waals surface area contributed by atoms with Crippen molar-refractivity contribution in [2.45, 2.75) is 19.8 Å². The molecule has 1 saturated heterocycles. The van der Waals surface area contributed by atoms with E-state index in [-0.39, 0.29) is 24.8 Å². The van der Waals surface area contributed by atoms with Crippen molar-refractivity contribution in [3.05, 3.63) is 64.7 Å². The van der Waals surface area contributed by atoms with Gasteiger partial charge >= 0.3 is 5.97 Å². The zero-order valence-electron chi connectivity index (χ0n) is 17.5. The molecule has 160 valence electrons. The highest BCUT2D eigenvalue weighted by atomic mass is 16.4. The lowest BCUT2D eigenvalue weighted by Crippen LogP contribution is -2.30. The van der Waals surface area contributed by atoms with Crippen LogP contribution in [0.4, 0.5) is 5.69 Å². The maximum Gasteiger partial charge on any atom is 0.323 e. The van der Waals surface area contributed by atoms with E-state index in [1.165, 1.54) is 0 Å². The first-order chi connectivity index (χ1) is 14.8. The van der Waals surface area contributed by atoms with Crippen molar-refractivity contribution in [3.63, 3.8) is 0 Å². The lowest BCUT2D eigenvalue weighted by Gasteiger charge is -2.20. The number of nitrogen functional groups attached to an aromatic ring is 1. The molecule has 7 nitrogen and oxygen atoms in total. The van der Waals surface area contributed by atoms with Crippen LogP contribution in [0.3, 0.4) is 0 Å². The first-order valence-electron chi connectivity index (χ1n) is 10.1. The number of aryl methyl sites for hydroxylation is 1. The average Bonchev–Trinajstić information content (AvgIpc) is 3.27. The van der Waals surface area contributed by atoms with E-state index in [9.17, 15) is 14.7 Å². The Labute approximate surface area is 182 Å². The summed E-state index contributed by atoms with van der Waals surface area (Å²) in [6, 6.07) is 12.4. The topological polar surface area (TPSA) is 111 Å². The van der Waals surface area contributed by atoms with Gasteiger partial charge in [-0.05, 0) is 55.7 Å². The fourth-order valence-electron chi connectivity index (χ4n) is 3.58. The Bertz CT molecular complexity index is 1060. The van der Waals surface area contributed by atoms with Crippen LogP contribution in [0.1, 0.15) is 39.9 Å². The van der Waals surface area contributed by atoms with E-state index in [2.05, 4.69) is 11.8 Å². The number of carboxylic acid groups (broad SMARTS) is 1. The van der Waals surface area contributed by atoms with Gasteiger partial charge in [0.15, 0.2) is 0 Å². The van der Waals surface area contributed by atoms with Gasteiger partial charge in [0.2, 0.25) is 0 Å². The van der Waals surface area contributed by atoms with E-state index >= 15 is 0 Å². The molecule has 0 atom stereocenters. The number of hydrogen-bond donors (Lipinski definition) is 3. The third-order valence-electron chi connectivity index (χ3n) is 5.20. The summed E-state index contributed by atoms with van der Waals surface area (Å²) < 4.78 is 0. The molecule has 1 amide bonds. The van der Waals surface area contributed by atoms with Crippen molar-refractivity contribution >= 4 is 23.4 Å².